The van der Waals surface area contributed by atoms with Crippen LogP contribution in [0.3, 0.4) is 0 Å². The molecular weight excluding hydrogens is 276 g/mol. The van der Waals surface area contributed by atoms with Crippen LogP contribution in [0.15, 0.2) is 12.7 Å². The van der Waals surface area contributed by atoms with Gasteiger partial charge in [0.05, 0.1) is 11.7 Å². The summed E-state index contributed by atoms with van der Waals surface area (Å²) >= 11 is 0. The van der Waals surface area contributed by atoms with E-state index in [9.17, 15) is 4.79 Å². The van der Waals surface area contributed by atoms with Gasteiger partial charge in [-0.3, -0.25) is 0 Å². The summed E-state index contributed by atoms with van der Waals surface area (Å²) in [6.45, 7) is 8.70. The van der Waals surface area contributed by atoms with E-state index in [1.165, 1.54) is 25.7 Å². The first-order chi connectivity index (χ1) is 10.4. The number of amides is 2. The molecule has 0 bridgehead atoms. The van der Waals surface area contributed by atoms with E-state index in [1.807, 2.05) is 6.08 Å². The van der Waals surface area contributed by atoms with Gasteiger partial charge in [-0.15, -0.1) is 6.58 Å². The Balaban J connectivity index is 1.93. The van der Waals surface area contributed by atoms with Gasteiger partial charge in [0.25, 0.3) is 0 Å². The maximum atomic E-state index is 11.6. The highest BCUT2D eigenvalue weighted by Crippen LogP contribution is 2.44. The minimum absolute atomic E-state index is 0.0448. The fraction of sp³-hybridized carbons (Fsp3) is 0.833. The molecule has 2 N–H and O–H groups in total. The van der Waals surface area contributed by atoms with Crippen molar-refractivity contribution in [2.24, 2.45) is 5.73 Å². The number of primary amides is 1. The molecule has 2 amide bonds. The summed E-state index contributed by atoms with van der Waals surface area (Å²) in [5.74, 6) is 0. The quantitative estimate of drug-likeness (QED) is 0.616. The average molecular weight is 308 g/mol. The third-order valence-electron chi connectivity index (χ3n) is 5.30. The molecule has 2 heterocycles. The molecule has 0 aromatic heterocycles. The molecule has 0 saturated carbocycles. The Morgan fingerprint density at radius 1 is 1.41 bits per heavy atom. The van der Waals surface area contributed by atoms with E-state index >= 15 is 0 Å². The van der Waals surface area contributed by atoms with Gasteiger partial charge in [0.15, 0.2) is 0 Å². The van der Waals surface area contributed by atoms with Gasteiger partial charge in [-0.1, -0.05) is 12.5 Å². The zero-order valence-electron chi connectivity index (χ0n) is 14.3. The number of allylic oxidation sites excluding steroid dienone is 1. The first kappa shape index (κ1) is 17.3. The number of hydrogen-bond donors (Lipinski definition) is 1. The lowest BCUT2D eigenvalue weighted by molar-refractivity contribution is -0.170. The molecule has 2 fully saturated rings. The molecule has 0 aromatic rings. The van der Waals surface area contributed by atoms with Crippen molar-refractivity contribution in [1.82, 2.24) is 4.90 Å². The lowest BCUT2D eigenvalue weighted by Gasteiger charge is -2.53. The molecule has 0 radical (unpaired) electrons. The summed E-state index contributed by atoms with van der Waals surface area (Å²) in [4.78, 5) is 13.4. The van der Waals surface area contributed by atoms with E-state index in [4.69, 9.17) is 10.5 Å². The molecule has 2 rings (SSSR count). The Bertz CT molecular complexity index is 408. The van der Waals surface area contributed by atoms with Crippen molar-refractivity contribution in [3.8, 4) is 0 Å². The van der Waals surface area contributed by atoms with Gasteiger partial charge in [0.2, 0.25) is 0 Å². The van der Waals surface area contributed by atoms with E-state index in [0.29, 0.717) is 12.6 Å². The van der Waals surface area contributed by atoms with E-state index in [1.54, 1.807) is 4.90 Å². The second kappa shape index (κ2) is 7.03. The normalized spacial score (nSPS) is 31.2. The summed E-state index contributed by atoms with van der Waals surface area (Å²) in [5, 5.41) is 0. The minimum Gasteiger partial charge on any atom is -0.372 e. The van der Waals surface area contributed by atoms with Crippen LogP contribution >= 0.6 is 0 Å². The first-order valence-electron chi connectivity index (χ1n) is 8.74. The molecule has 2 atom stereocenters. The highest BCUT2D eigenvalue weighted by Gasteiger charge is 2.48. The standard InChI is InChI=1S/C18H32N2O2/c1-4-5-6-7-9-15-10-8-11-18(22-15)12-13-20(16(19)21)17(2,3)14-18/h4,15H,1,5-14H2,2-3H3,(H2,19,21). The summed E-state index contributed by atoms with van der Waals surface area (Å²) in [6, 6.07) is -0.309. The Morgan fingerprint density at radius 2 is 2.18 bits per heavy atom. The van der Waals surface area contributed by atoms with Crippen LogP contribution in [-0.2, 0) is 4.74 Å². The highest BCUT2D eigenvalue weighted by atomic mass is 16.5. The molecule has 0 aliphatic carbocycles. The summed E-state index contributed by atoms with van der Waals surface area (Å²) in [5.41, 5.74) is 5.26. The number of unbranched alkanes of at least 4 members (excludes halogenated alkanes) is 2. The monoisotopic (exact) mass is 308 g/mol. The fourth-order valence-electron chi connectivity index (χ4n) is 4.30. The Kier molecular flexibility index (Phi) is 5.54. The molecule has 2 saturated heterocycles. The average Bonchev–Trinajstić information content (AvgIpc) is 2.42. The highest BCUT2D eigenvalue weighted by molar-refractivity contribution is 5.73. The molecule has 2 unspecified atom stereocenters. The maximum absolute atomic E-state index is 11.6. The zero-order chi connectivity index (χ0) is 16.2. The van der Waals surface area contributed by atoms with Crippen molar-refractivity contribution in [1.29, 1.82) is 0 Å². The molecule has 126 valence electrons. The largest absolute Gasteiger partial charge is 0.372 e. The van der Waals surface area contributed by atoms with Gasteiger partial charge in [0, 0.05) is 12.1 Å². The van der Waals surface area contributed by atoms with E-state index in [0.717, 1.165) is 32.1 Å². The molecule has 22 heavy (non-hydrogen) atoms. The van der Waals surface area contributed by atoms with Crippen LogP contribution in [0.25, 0.3) is 0 Å². The van der Waals surface area contributed by atoms with Gasteiger partial charge < -0.3 is 15.4 Å². The Morgan fingerprint density at radius 3 is 2.82 bits per heavy atom. The number of rotatable bonds is 5. The molecule has 4 heteroatoms. The van der Waals surface area contributed by atoms with Crippen molar-refractivity contribution in [3.63, 3.8) is 0 Å². The topological polar surface area (TPSA) is 55.6 Å². The van der Waals surface area contributed by atoms with Gasteiger partial charge in [-0.2, -0.15) is 0 Å². The number of carbonyl (C=O) groups is 1. The smallest absolute Gasteiger partial charge is 0.315 e. The van der Waals surface area contributed by atoms with Gasteiger partial charge in [-0.25, -0.2) is 4.79 Å². The fourth-order valence-corrected chi connectivity index (χ4v) is 4.30. The second-order valence-corrected chi connectivity index (χ2v) is 7.62. The van der Waals surface area contributed by atoms with Crippen molar-refractivity contribution >= 4 is 6.03 Å². The van der Waals surface area contributed by atoms with Gasteiger partial charge >= 0.3 is 6.03 Å². The maximum Gasteiger partial charge on any atom is 0.315 e. The summed E-state index contributed by atoms with van der Waals surface area (Å²) in [6.07, 6.45) is 12.4. The molecular formula is C18H32N2O2. The van der Waals surface area contributed by atoms with E-state index < -0.39 is 0 Å². The summed E-state index contributed by atoms with van der Waals surface area (Å²) < 4.78 is 6.55. The third-order valence-corrected chi connectivity index (χ3v) is 5.30. The third kappa shape index (κ3) is 4.03. The van der Waals surface area contributed by atoms with Crippen molar-refractivity contribution in [2.75, 3.05) is 6.54 Å². The molecule has 2 aliphatic heterocycles. The van der Waals surface area contributed by atoms with Gasteiger partial charge in [-0.05, 0) is 65.2 Å². The van der Waals surface area contributed by atoms with Crippen LogP contribution in [0, 0.1) is 0 Å². The van der Waals surface area contributed by atoms with Crippen LogP contribution in [-0.4, -0.2) is 34.7 Å². The van der Waals surface area contributed by atoms with Crippen LogP contribution < -0.4 is 5.73 Å². The van der Waals surface area contributed by atoms with E-state index in [-0.39, 0.29) is 17.2 Å². The Labute approximate surface area is 135 Å². The number of nitrogens with two attached hydrogens (primary N) is 1. The SMILES string of the molecule is C=CCCCCC1CCCC2(CCN(C(N)=O)C(C)(C)C2)O1. The first-order valence-corrected chi connectivity index (χ1v) is 8.74. The number of hydrogen-bond acceptors (Lipinski definition) is 2. The number of carbonyl (C=O) groups excluding carboxylic acids is 1. The Hall–Kier alpha value is -1.03. The van der Waals surface area contributed by atoms with Crippen LogP contribution in [0.2, 0.25) is 0 Å². The van der Waals surface area contributed by atoms with Crippen molar-refractivity contribution in [3.05, 3.63) is 12.7 Å². The molecule has 2 aliphatic rings. The van der Waals surface area contributed by atoms with Crippen molar-refractivity contribution < 1.29 is 9.53 Å². The number of urea groups is 1. The lowest BCUT2D eigenvalue weighted by Crippen LogP contribution is -2.61. The molecule has 1 spiro atoms. The summed E-state index contributed by atoms with van der Waals surface area (Å²) in [7, 11) is 0. The van der Waals surface area contributed by atoms with Crippen LogP contribution in [0.4, 0.5) is 4.79 Å². The van der Waals surface area contributed by atoms with Crippen molar-refractivity contribution in [2.45, 2.75) is 88.9 Å². The number of nitrogens with zero attached hydrogens (tertiary/aromatic N) is 1. The van der Waals surface area contributed by atoms with E-state index in [2.05, 4.69) is 20.4 Å². The predicted molar refractivity (Wildman–Crippen MR) is 89.7 cm³/mol. The zero-order valence-corrected chi connectivity index (χ0v) is 14.3. The molecule has 4 nitrogen and oxygen atoms in total. The number of ether oxygens (including phenoxy) is 1. The number of likely N-dealkylation sites (tertiary alicyclic amines) is 1. The van der Waals surface area contributed by atoms with Crippen LogP contribution in [0.5, 0.6) is 0 Å². The van der Waals surface area contributed by atoms with Gasteiger partial charge in [0.1, 0.15) is 0 Å². The second-order valence-electron chi connectivity index (χ2n) is 7.62. The number of piperidine rings is 1. The lowest BCUT2D eigenvalue weighted by atomic mass is 9.75. The minimum atomic E-state index is -0.309. The predicted octanol–water partition coefficient (Wildman–Crippen LogP) is 3.99. The molecule has 0 aromatic carbocycles. The van der Waals surface area contributed by atoms with Crippen LogP contribution in [0.1, 0.15) is 71.6 Å².